The number of halogens is 1. The first-order valence-corrected chi connectivity index (χ1v) is 11.1. The predicted molar refractivity (Wildman–Crippen MR) is 126 cm³/mol. The van der Waals surface area contributed by atoms with Crippen molar-refractivity contribution in [3.63, 3.8) is 0 Å². The number of hydrogen-bond acceptors (Lipinski definition) is 6. The summed E-state index contributed by atoms with van der Waals surface area (Å²) in [6.45, 7) is 3.30. The molecule has 0 atom stereocenters. The number of fused-ring (bicyclic) bond motifs is 4. The number of aromatic nitrogens is 6. The van der Waals surface area contributed by atoms with Crippen LogP contribution < -0.4 is 10.9 Å². The van der Waals surface area contributed by atoms with Gasteiger partial charge in [-0.05, 0) is 25.1 Å². The van der Waals surface area contributed by atoms with E-state index >= 15 is 4.39 Å². The molecular weight excluding hydrogens is 451 g/mol. The SMILES string of the molecule is CNC(=O)c1ccc(-c2nc3c([nH]2)CN(Cc2ccc4c([nH]c(=O)c5c(C)cnn54)c2F)C3)cn1. The molecule has 11 heteroatoms. The van der Waals surface area contributed by atoms with Gasteiger partial charge in [-0.25, -0.2) is 13.9 Å². The topological polar surface area (TPSA) is 124 Å². The molecule has 1 aromatic carbocycles. The van der Waals surface area contributed by atoms with Crippen molar-refractivity contribution in [2.45, 2.75) is 26.6 Å². The van der Waals surface area contributed by atoms with Gasteiger partial charge in [0.2, 0.25) is 0 Å². The van der Waals surface area contributed by atoms with Crippen LogP contribution >= 0.6 is 0 Å². The lowest BCUT2D eigenvalue weighted by Crippen LogP contribution is -2.19. The predicted octanol–water partition coefficient (Wildman–Crippen LogP) is 2.28. The Morgan fingerprint density at radius 2 is 2.03 bits per heavy atom. The number of carbonyl (C=O) groups is 1. The molecule has 5 aromatic rings. The largest absolute Gasteiger partial charge is 0.354 e. The Kier molecular flexibility index (Phi) is 4.74. The van der Waals surface area contributed by atoms with E-state index in [2.05, 4.69) is 35.3 Å². The van der Waals surface area contributed by atoms with Crippen LogP contribution in [0.4, 0.5) is 4.39 Å². The van der Waals surface area contributed by atoms with E-state index in [0.29, 0.717) is 47.7 Å². The Morgan fingerprint density at radius 1 is 1.17 bits per heavy atom. The summed E-state index contributed by atoms with van der Waals surface area (Å²) in [5.41, 5.74) is 4.90. The van der Waals surface area contributed by atoms with E-state index in [9.17, 15) is 9.59 Å². The first-order valence-electron chi connectivity index (χ1n) is 11.1. The highest BCUT2D eigenvalue weighted by Crippen LogP contribution is 2.28. The van der Waals surface area contributed by atoms with Crippen molar-refractivity contribution in [1.82, 2.24) is 39.8 Å². The van der Waals surface area contributed by atoms with Gasteiger partial charge in [-0.1, -0.05) is 6.07 Å². The highest BCUT2D eigenvalue weighted by Gasteiger charge is 2.25. The van der Waals surface area contributed by atoms with Crippen molar-refractivity contribution in [1.29, 1.82) is 0 Å². The van der Waals surface area contributed by atoms with E-state index in [1.54, 1.807) is 50.6 Å². The molecule has 0 radical (unpaired) electrons. The van der Waals surface area contributed by atoms with Gasteiger partial charge in [0.1, 0.15) is 22.6 Å². The Labute approximate surface area is 197 Å². The zero-order valence-electron chi connectivity index (χ0n) is 19.0. The van der Waals surface area contributed by atoms with Crippen LogP contribution in [-0.4, -0.2) is 47.4 Å². The van der Waals surface area contributed by atoms with Gasteiger partial charge in [0.05, 0.1) is 23.1 Å². The van der Waals surface area contributed by atoms with E-state index in [0.717, 1.165) is 22.5 Å². The van der Waals surface area contributed by atoms with E-state index in [4.69, 9.17) is 0 Å². The van der Waals surface area contributed by atoms with Crippen molar-refractivity contribution in [3.05, 3.63) is 81.0 Å². The molecule has 1 aliphatic rings. The van der Waals surface area contributed by atoms with Crippen LogP contribution in [0.15, 0.2) is 41.5 Å². The van der Waals surface area contributed by atoms with Crippen molar-refractivity contribution in [3.8, 4) is 11.4 Å². The van der Waals surface area contributed by atoms with Gasteiger partial charge in [0, 0.05) is 49.6 Å². The first-order chi connectivity index (χ1) is 16.9. The highest BCUT2D eigenvalue weighted by molar-refractivity contribution is 5.92. The second-order valence-corrected chi connectivity index (χ2v) is 8.64. The molecule has 1 amide bonds. The molecule has 35 heavy (non-hydrogen) atoms. The summed E-state index contributed by atoms with van der Waals surface area (Å²) in [6.07, 6.45) is 3.21. The number of rotatable bonds is 4. The second kappa shape index (κ2) is 7.84. The number of nitrogens with one attached hydrogen (secondary N) is 3. The minimum atomic E-state index is -0.457. The summed E-state index contributed by atoms with van der Waals surface area (Å²) in [5.74, 6) is -0.0250. The fourth-order valence-corrected chi connectivity index (χ4v) is 4.57. The Hall–Kier alpha value is -4.38. The third-order valence-corrected chi connectivity index (χ3v) is 6.34. The van der Waals surface area contributed by atoms with Gasteiger partial charge in [0.15, 0.2) is 5.82 Å². The van der Waals surface area contributed by atoms with Gasteiger partial charge < -0.3 is 15.3 Å². The Balaban J connectivity index is 1.23. The molecule has 0 unspecified atom stereocenters. The molecule has 0 saturated heterocycles. The minimum Gasteiger partial charge on any atom is -0.354 e. The maximum absolute atomic E-state index is 15.4. The van der Waals surface area contributed by atoms with Gasteiger partial charge >= 0.3 is 0 Å². The summed E-state index contributed by atoms with van der Waals surface area (Å²) in [4.78, 5) is 41.1. The lowest BCUT2D eigenvalue weighted by atomic mass is 10.1. The molecule has 5 heterocycles. The maximum Gasteiger partial charge on any atom is 0.274 e. The van der Waals surface area contributed by atoms with Gasteiger partial charge in [-0.3, -0.25) is 19.5 Å². The number of H-pyrrole nitrogens is 2. The monoisotopic (exact) mass is 472 g/mol. The lowest BCUT2D eigenvalue weighted by Gasteiger charge is -2.16. The van der Waals surface area contributed by atoms with Crippen molar-refractivity contribution < 1.29 is 9.18 Å². The van der Waals surface area contributed by atoms with Gasteiger partial charge in [-0.2, -0.15) is 5.10 Å². The van der Waals surface area contributed by atoms with Crippen LogP contribution in [0, 0.1) is 12.7 Å². The molecule has 0 spiro atoms. The number of benzene rings is 1. The number of nitrogens with zero attached hydrogens (tertiary/aromatic N) is 5. The molecule has 0 saturated carbocycles. The third-order valence-electron chi connectivity index (χ3n) is 6.34. The second-order valence-electron chi connectivity index (χ2n) is 8.64. The number of imidazole rings is 1. The highest BCUT2D eigenvalue weighted by atomic mass is 19.1. The molecule has 1 aliphatic heterocycles. The van der Waals surface area contributed by atoms with Gasteiger partial charge in [-0.15, -0.1) is 0 Å². The molecule has 0 aliphatic carbocycles. The average Bonchev–Trinajstić information content (AvgIpc) is 3.54. The number of pyridine rings is 1. The van der Waals surface area contributed by atoms with Crippen LogP contribution in [0.3, 0.4) is 0 Å². The smallest absolute Gasteiger partial charge is 0.274 e. The number of aromatic amines is 2. The molecule has 6 rings (SSSR count). The molecular formula is C24H21FN8O2. The summed E-state index contributed by atoms with van der Waals surface area (Å²) in [7, 11) is 1.56. The molecule has 3 N–H and O–H groups in total. The van der Waals surface area contributed by atoms with E-state index < -0.39 is 5.82 Å². The van der Waals surface area contributed by atoms with Crippen LogP contribution in [0.2, 0.25) is 0 Å². The average molecular weight is 472 g/mol. The number of aryl methyl sites for hydroxylation is 1. The molecule has 10 nitrogen and oxygen atoms in total. The summed E-state index contributed by atoms with van der Waals surface area (Å²) < 4.78 is 16.9. The zero-order valence-corrected chi connectivity index (χ0v) is 19.0. The lowest BCUT2D eigenvalue weighted by molar-refractivity contribution is 0.0958. The Morgan fingerprint density at radius 3 is 2.77 bits per heavy atom. The van der Waals surface area contributed by atoms with Crippen molar-refractivity contribution in [2.24, 2.45) is 0 Å². The van der Waals surface area contributed by atoms with Gasteiger partial charge in [0.25, 0.3) is 11.5 Å². The maximum atomic E-state index is 15.4. The zero-order chi connectivity index (χ0) is 24.3. The van der Waals surface area contributed by atoms with Crippen LogP contribution in [0.5, 0.6) is 0 Å². The normalized spacial score (nSPS) is 13.6. The standard InChI is InChI=1S/C24H21FN8O2/c1-12-7-28-33-18-6-4-14(19(25)20(18)31-24(35)21(12)33)9-32-10-16-17(11-32)30-22(29-16)13-3-5-15(27-8-13)23(34)26-2/h3-8H,9-11H2,1-2H3,(H,26,34)(H,29,30)(H,31,35). The molecule has 0 fully saturated rings. The molecule has 4 aromatic heterocycles. The van der Waals surface area contributed by atoms with Crippen LogP contribution in [-0.2, 0) is 19.6 Å². The van der Waals surface area contributed by atoms with E-state index in [-0.39, 0.29) is 17.0 Å². The fraction of sp³-hybridized carbons (Fsp3) is 0.208. The number of amides is 1. The van der Waals surface area contributed by atoms with E-state index in [1.807, 2.05) is 0 Å². The summed E-state index contributed by atoms with van der Waals surface area (Å²) in [5, 5.41) is 6.78. The number of hydrogen-bond donors (Lipinski definition) is 3. The van der Waals surface area contributed by atoms with E-state index in [1.165, 1.54) is 4.52 Å². The van der Waals surface area contributed by atoms with Crippen LogP contribution in [0.1, 0.15) is 33.0 Å². The minimum absolute atomic E-state index is 0.147. The summed E-state index contributed by atoms with van der Waals surface area (Å²) >= 11 is 0. The fourth-order valence-electron chi connectivity index (χ4n) is 4.57. The van der Waals surface area contributed by atoms with Crippen molar-refractivity contribution >= 4 is 22.5 Å². The van der Waals surface area contributed by atoms with Crippen LogP contribution in [0.25, 0.3) is 27.9 Å². The molecule has 0 bridgehead atoms. The Bertz CT molecular complexity index is 1660. The first kappa shape index (κ1) is 21.2. The molecule has 176 valence electrons. The number of carbonyl (C=O) groups excluding carboxylic acids is 1. The summed E-state index contributed by atoms with van der Waals surface area (Å²) in [6, 6.07) is 6.97. The third kappa shape index (κ3) is 3.39. The van der Waals surface area contributed by atoms with Crippen molar-refractivity contribution in [2.75, 3.05) is 7.05 Å². The quantitative estimate of drug-likeness (QED) is 0.369.